The molecule has 2 rings (SSSR count). The lowest BCUT2D eigenvalue weighted by Gasteiger charge is -2.00. The number of rotatable bonds is 4. The van der Waals surface area contributed by atoms with Gasteiger partial charge in [-0.05, 0) is 13.8 Å². The third kappa shape index (κ3) is 2.38. The molecule has 0 saturated carbocycles. The number of aryl methyl sites for hydroxylation is 3. The molecule has 18 heavy (non-hydrogen) atoms. The lowest BCUT2D eigenvalue weighted by Crippen LogP contribution is -2.13. The minimum Gasteiger partial charge on any atom is -0.332 e. The highest BCUT2D eigenvalue weighted by molar-refractivity contribution is 7.11. The summed E-state index contributed by atoms with van der Waals surface area (Å²) < 4.78 is 1.61. The maximum absolute atomic E-state index is 12.0. The average Bonchev–Trinajstić information content (AvgIpc) is 2.84. The first-order chi connectivity index (χ1) is 8.49. The van der Waals surface area contributed by atoms with E-state index in [1.165, 1.54) is 17.5 Å². The highest BCUT2D eigenvalue weighted by atomic mass is 32.1. The van der Waals surface area contributed by atoms with E-state index in [4.69, 9.17) is 0 Å². The number of imidazole rings is 1. The van der Waals surface area contributed by atoms with Gasteiger partial charge in [0.05, 0.1) is 11.4 Å². The molecule has 0 spiro atoms. The van der Waals surface area contributed by atoms with Crippen LogP contribution in [0.2, 0.25) is 0 Å². The number of aromatic nitrogens is 3. The Kier molecular flexibility index (Phi) is 3.38. The van der Waals surface area contributed by atoms with Crippen LogP contribution in [0.4, 0.5) is 0 Å². The Balaban J connectivity index is 2.16. The van der Waals surface area contributed by atoms with Gasteiger partial charge in [0.25, 0.3) is 0 Å². The van der Waals surface area contributed by atoms with Gasteiger partial charge in [-0.2, -0.15) is 0 Å². The number of carbonyl (C=O) groups is 2. The zero-order chi connectivity index (χ0) is 13.3. The second kappa shape index (κ2) is 4.81. The van der Waals surface area contributed by atoms with E-state index in [0.29, 0.717) is 11.5 Å². The van der Waals surface area contributed by atoms with Crippen molar-refractivity contribution in [3.63, 3.8) is 0 Å². The van der Waals surface area contributed by atoms with E-state index in [0.717, 1.165) is 9.88 Å². The van der Waals surface area contributed by atoms with Gasteiger partial charge < -0.3 is 4.57 Å². The Hall–Kier alpha value is -1.82. The van der Waals surface area contributed by atoms with E-state index in [1.807, 2.05) is 13.8 Å². The molecule has 0 N–H and O–H groups in total. The smallest absolute Gasteiger partial charge is 0.206 e. The molecule has 0 radical (unpaired) electrons. The lowest BCUT2D eigenvalue weighted by molar-refractivity contribution is 0.0884. The molecule has 0 aliphatic carbocycles. The summed E-state index contributed by atoms with van der Waals surface area (Å²) in [5, 5.41) is 0.834. The van der Waals surface area contributed by atoms with Crippen molar-refractivity contribution in [2.45, 2.75) is 20.3 Å². The highest BCUT2D eigenvalue weighted by Gasteiger charge is 2.20. The van der Waals surface area contributed by atoms with Gasteiger partial charge in [-0.15, -0.1) is 11.3 Å². The highest BCUT2D eigenvalue weighted by Crippen LogP contribution is 2.18. The number of carbonyl (C=O) groups excluding carboxylic acids is 2. The molecule has 0 fully saturated rings. The van der Waals surface area contributed by atoms with Crippen molar-refractivity contribution in [1.29, 1.82) is 0 Å². The number of Topliss-reactive ketones (excluding diaryl/α,β-unsaturated/α-hetero) is 2. The van der Waals surface area contributed by atoms with Crippen LogP contribution in [0.15, 0.2) is 12.4 Å². The fraction of sp³-hybridized carbons (Fsp3) is 0.333. The SMILES string of the molecule is Cc1nc(C(=O)CC(=O)c2nccn2C)c(C)s1. The molecule has 6 heteroatoms. The molecular weight excluding hydrogens is 250 g/mol. The number of hydrogen-bond acceptors (Lipinski definition) is 5. The van der Waals surface area contributed by atoms with Gasteiger partial charge in [-0.25, -0.2) is 9.97 Å². The maximum Gasteiger partial charge on any atom is 0.206 e. The summed E-state index contributed by atoms with van der Waals surface area (Å²) in [5.74, 6) is -0.227. The predicted molar refractivity (Wildman–Crippen MR) is 68.1 cm³/mol. The van der Waals surface area contributed by atoms with E-state index in [1.54, 1.807) is 17.8 Å². The summed E-state index contributed by atoms with van der Waals surface area (Å²) in [6, 6.07) is 0. The van der Waals surface area contributed by atoms with Crippen LogP contribution >= 0.6 is 11.3 Å². The van der Waals surface area contributed by atoms with Crippen molar-refractivity contribution in [3.05, 3.63) is 33.8 Å². The zero-order valence-corrected chi connectivity index (χ0v) is 11.2. The molecule has 0 bridgehead atoms. The second-order valence-corrected chi connectivity index (χ2v) is 5.43. The predicted octanol–water partition coefficient (Wildman–Crippen LogP) is 1.95. The van der Waals surface area contributed by atoms with Gasteiger partial charge in [0.2, 0.25) is 5.78 Å². The van der Waals surface area contributed by atoms with Crippen LogP contribution in [0.1, 0.15) is 37.4 Å². The topological polar surface area (TPSA) is 64.8 Å². The summed E-state index contributed by atoms with van der Waals surface area (Å²) >= 11 is 1.46. The first-order valence-electron chi connectivity index (χ1n) is 5.46. The molecule has 2 aromatic rings. The van der Waals surface area contributed by atoms with Crippen molar-refractivity contribution in [3.8, 4) is 0 Å². The third-order valence-electron chi connectivity index (χ3n) is 2.56. The Labute approximate surface area is 108 Å². The fourth-order valence-corrected chi connectivity index (χ4v) is 2.57. The minimum atomic E-state index is -0.280. The van der Waals surface area contributed by atoms with Gasteiger partial charge in [-0.1, -0.05) is 0 Å². The quantitative estimate of drug-likeness (QED) is 0.624. The van der Waals surface area contributed by atoms with Gasteiger partial charge in [0.1, 0.15) is 5.69 Å². The minimum absolute atomic E-state index is 0.186. The summed E-state index contributed by atoms with van der Waals surface area (Å²) in [5.41, 5.74) is 0.403. The monoisotopic (exact) mass is 263 g/mol. The number of thiazole rings is 1. The van der Waals surface area contributed by atoms with E-state index in [9.17, 15) is 9.59 Å². The molecule has 0 unspecified atom stereocenters. The van der Waals surface area contributed by atoms with E-state index >= 15 is 0 Å². The van der Waals surface area contributed by atoms with E-state index in [-0.39, 0.29) is 18.0 Å². The van der Waals surface area contributed by atoms with Crippen LogP contribution in [0, 0.1) is 13.8 Å². The average molecular weight is 263 g/mol. The maximum atomic E-state index is 12.0. The van der Waals surface area contributed by atoms with Crippen LogP contribution in [0.3, 0.4) is 0 Å². The molecule has 0 amide bonds. The van der Waals surface area contributed by atoms with Crippen molar-refractivity contribution in [1.82, 2.24) is 14.5 Å². The summed E-state index contributed by atoms with van der Waals surface area (Å²) in [6.45, 7) is 3.68. The first-order valence-corrected chi connectivity index (χ1v) is 6.28. The lowest BCUT2D eigenvalue weighted by atomic mass is 10.1. The van der Waals surface area contributed by atoms with Crippen molar-refractivity contribution < 1.29 is 9.59 Å². The Morgan fingerprint density at radius 2 is 2.06 bits per heavy atom. The number of ketones is 2. The molecular formula is C12H13N3O2S. The first kappa shape index (κ1) is 12.6. The van der Waals surface area contributed by atoms with Crippen LogP contribution < -0.4 is 0 Å². The Morgan fingerprint density at radius 3 is 2.56 bits per heavy atom. The molecule has 0 atom stereocenters. The summed E-state index contributed by atoms with van der Waals surface area (Å²) in [6.07, 6.45) is 3.03. The summed E-state index contributed by atoms with van der Waals surface area (Å²) in [7, 11) is 1.73. The van der Waals surface area contributed by atoms with Crippen molar-refractivity contribution in [2.75, 3.05) is 0 Å². The van der Waals surface area contributed by atoms with E-state index in [2.05, 4.69) is 9.97 Å². The number of hydrogen-bond donors (Lipinski definition) is 0. The molecule has 0 aliphatic heterocycles. The third-order valence-corrected chi connectivity index (χ3v) is 3.45. The van der Waals surface area contributed by atoms with Gasteiger partial charge in [0, 0.05) is 24.3 Å². The molecule has 2 aromatic heterocycles. The standard InChI is InChI=1S/C12H13N3O2S/c1-7-11(14-8(2)18-7)9(16)6-10(17)12-13-4-5-15(12)3/h4-5H,6H2,1-3H3. The Morgan fingerprint density at radius 1 is 1.33 bits per heavy atom. The van der Waals surface area contributed by atoms with E-state index < -0.39 is 0 Å². The zero-order valence-electron chi connectivity index (χ0n) is 10.4. The Bertz CT molecular complexity index is 613. The van der Waals surface area contributed by atoms with Crippen molar-refractivity contribution >= 4 is 22.9 Å². The fourth-order valence-electron chi connectivity index (χ4n) is 1.73. The molecule has 0 aromatic carbocycles. The van der Waals surface area contributed by atoms with Crippen molar-refractivity contribution in [2.24, 2.45) is 7.05 Å². The molecule has 94 valence electrons. The molecule has 0 aliphatic rings. The normalized spacial score (nSPS) is 10.6. The molecule has 5 nitrogen and oxygen atoms in total. The second-order valence-electron chi connectivity index (χ2n) is 4.02. The number of nitrogens with zero attached hydrogens (tertiary/aromatic N) is 3. The van der Waals surface area contributed by atoms with Gasteiger partial charge in [0.15, 0.2) is 11.6 Å². The molecule has 0 saturated heterocycles. The van der Waals surface area contributed by atoms with Crippen LogP contribution in [0.25, 0.3) is 0 Å². The van der Waals surface area contributed by atoms with Gasteiger partial charge in [-0.3, -0.25) is 9.59 Å². The molecule has 2 heterocycles. The van der Waals surface area contributed by atoms with Crippen LogP contribution in [0.5, 0.6) is 0 Å². The van der Waals surface area contributed by atoms with Gasteiger partial charge >= 0.3 is 0 Å². The summed E-state index contributed by atoms with van der Waals surface area (Å²) in [4.78, 5) is 32.8. The van der Waals surface area contributed by atoms with Crippen LogP contribution in [-0.2, 0) is 7.05 Å². The largest absolute Gasteiger partial charge is 0.332 e. The van der Waals surface area contributed by atoms with Crippen LogP contribution in [-0.4, -0.2) is 26.1 Å².